The van der Waals surface area contributed by atoms with Crippen LogP contribution in [0.3, 0.4) is 0 Å². The molecule has 15 heavy (non-hydrogen) atoms. The highest BCUT2D eigenvalue weighted by molar-refractivity contribution is 5.75. The number of hydrogen-bond acceptors (Lipinski definition) is 2. The molecule has 1 aliphatic rings. The van der Waals surface area contributed by atoms with Crippen LogP contribution in [0.2, 0.25) is 0 Å². The van der Waals surface area contributed by atoms with Gasteiger partial charge in [0.2, 0.25) is 0 Å². The van der Waals surface area contributed by atoms with Crippen LogP contribution in [0.5, 0.6) is 0 Å². The van der Waals surface area contributed by atoms with E-state index in [0.29, 0.717) is 12.2 Å². The molecular formula is C11H12FNO2. The van der Waals surface area contributed by atoms with E-state index in [1.807, 2.05) is 6.07 Å². The minimum atomic E-state index is -0.925. The van der Waals surface area contributed by atoms with E-state index in [4.69, 9.17) is 5.11 Å². The molecule has 1 aromatic rings. The van der Waals surface area contributed by atoms with Gasteiger partial charge in [0.25, 0.3) is 0 Å². The maximum Gasteiger partial charge on any atom is 0.323 e. The van der Waals surface area contributed by atoms with Crippen molar-refractivity contribution in [3.63, 3.8) is 0 Å². The van der Waals surface area contributed by atoms with Crippen LogP contribution in [-0.2, 0) is 11.2 Å². The zero-order valence-electron chi connectivity index (χ0n) is 8.24. The molecule has 0 unspecified atom stereocenters. The van der Waals surface area contributed by atoms with Crippen LogP contribution in [-0.4, -0.2) is 24.2 Å². The summed E-state index contributed by atoms with van der Waals surface area (Å²) in [5.41, 5.74) is 1.37. The molecule has 1 N–H and O–H groups in total. The Morgan fingerprint density at radius 1 is 1.53 bits per heavy atom. The van der Waals surface area contributed by atoms with Gasteiger partial charge in [-0.1, -0.05) is 12.1 Å². The van der Waals surface area contributed by atoms with E-state index in [2.05, 4.69) is 0 Å². The molecule has 0 saturated heterocycles. The molecule has 1 heterocycles. The Bertz CT molecular complexity index is 392. The van der Waals surface area contributed by atoms with Crippen molar-refractivity contribution in [2.75, 3.05) is 18.0 Å². The highest BCUT2D eigenvalue weighted by atomic mass is 19.1. The summed E-state index contributed by atoms with van der Waals surface area (Å²) in [4.78, 5) is 12.2. The largest absolute Gasteiger partial charge is 0.480 e. The second kappa shape index (κ2) is 3.88. The topological polar surface area (TPSA) is 40.5 Å². The van der Waals surface area contributed by atoms with Gasteiger partial charge in [0.05, 0.1) is 5.69 Å². The minimum Gasteiger partial charge on any atom is -0.480 e. The number of halogens is 1. The molecule has 3 nitrogen and oxygen atoms in total. The first-order chi connectivity index (χ1) is 7.18. The van der Waals surface area contributed by atoms with E-state index in [1.54, 1.807) is 11.0 Å². The minimum absolute atomic E-state index is 0.131. The van der Waals surface area contributed by atoms with Crippen LogP contribution in [0.1, 0.15) is 12.0 Å². The predicted molar refractivity (Wildman–Crippen MR) is 54.6 cm³/mol. The number of carboxylic acid groups (broad SMARTS) is 1. The monoisotopic (exact) mass is 209 g/mol. The van der Waals surface area contributed by atoms with Crippen molar-refractivity contribution < 1.29 is 14.3 Å². The van der Waals surface area contributed by atoms with E-state index in [-0.39, 0.29) is 12.4 Å². The smallest absolute Gasteiger partial charge is 0.323 e. The van der Waals surface area contributed by atoms with Gasteiger partial charge in [-0.3, -0.25) is 4.79 Å². The number of fused-ring (bicyclic) bond motifs is 1. The van der Waals surface area contributed by atoms with E-state index in [0.717, 1.165) is 18.4 Å². The van der Waals surface area contributed by atoms with Gasteiger partial charge in [0.15, 0.2) is 0 Å². The Labute approximate surface area is 87.1 Å². The van der Waals surface area contributed by atoms with Crippen molar-refractivity contribution in [3.8, 4) is 0 Å². The SMILES string of the molecule is O=C(O)CN1CCCc2cccc(F)c21. The number of carbonyl (C=O) groups is 1. The van der Waals surface area contributed by atoms with Crippen LogP contribution < -0.4 is 4.90 Å². The summed E-state index contributed by atoms with van der Waals surface area (Å²) < 4.78 is 13.5. The Morgan fingerprint density at radius 3 is 3.07 bits per heavy atom. The highest BCUT2D eigenvalue weighted by Crippen LogP contribution is 2.29. The zero-order chi connectivity index (χ0) is 10.8. The van der Waals surface area contributed by atoms with E-state index in [1.165, 1.54) is 6.07 Å². The summed E-state index contributed by atoms with van der Waals surface area (Å²) in [6.45, 7) is 0.480. The van der Waals surface area contributed by atoms with Crippen LogP contribution in [0.25, 0.3) is 0 Å². The molecule has 0 fully saturated rings. The van der Waals surface area contributed by atoms with Crippen LogP contribution in [0, 0.1) is 5.82 Å². The lowest BCUT2D eigenvalue weighted by Gasteiger charge is -2.30. The first-order valence-corrected chi connectivity index (χ1v) is 4.92. The maximum atomic E-state index is 13.5. The number of nitrogens with zero attached hydrogens (tertiary/aromatic N) is 1. The van der Waals surface area contributed by atoms with Gasteiger partial charge in [-0.05, 0) is 24.5 Å². The number of benzene rings is 1. The summed E-state index contributed by atoms with van der Waals surface area (Å²) in [6, 6.07) is 4.89. The number of aliphatic carboxylic acids is 1. The fourth-order valence-electron chi connectivity index (χ4n) is 2.01. The average molecular weight is 209 g/mol. The quantitative estimate of drug-likeness (QED) is 0.805. The second-order valence-electron chi connectivity index (χ2n) is 3.67. The molecule has 80 valence electrons. The lowest BCUT2D eigenvalue weighted by molar-refractivity contribution is -0.135. The standard InChI is InChI=1S/C11H12FNO2/c12-9-5-1-3-8-4-2-6-13(11(8)9)7-10(14)15/h1,3,5H,2,4,6-7H2,(H,14,15). The van der Waals surface area contributed by atoms with Gasteiger partial charge in [0, 0.05) is 6.54 Å². The molecule has 0 atom stereocenters. The number of carboxylic acids is 1. The van der Waals surface area contributed by atoms with Crippen molar-refractivity contribution in [2.24, 2.45) is 0 Å². The summed E-state index contributed by atoms with van der Waals surface area (Å²) in [5, 5.41) is 8.72. The van der Waals surface area contributed by atoms with Gasteiger partial charge in [-0.15, -0.1) is 0 Å². The second-order valence-corrected chi connectivity index (χ2v) is 3.67. The fraction of sp³-hybridized carbons (Fsp3) is 0.364. The summed E-state index contributed by atoms with van der Waals surface area (Å²) in [7, 11) is 0. The average Bonchev–Trinajstić information content (AvgIpc) is 2.17. The molecular weight excluding hydrogens is 197 g/mol. The van der Waals surface area contributed by atoms with Gasteiger partial charge in [-0.25, -0.2) is 4.39 Å². The molecule has 0 aliphatic carbocycles. The molecule has 0 amide bonds. The molecule has 4 heteroatoms. The summed E-state index contributed by atoms with van der Waals surface area (Å²) >= 11 is 0. The van der Waals surface area contributed by atoms with Crippen molar-refractivity contribution in [1.29, 1.82) is 0 Å². The number of rotatable bonds is 2. The fourth-order valence-corrected chi connectivity index (χ4v) is 2.01. The van der Waals surface area contributed by atoms with Gasteiger partial charge >= 0.3 is 5.97 Å². The third kappa shape index (κ3) is 1.93. The lowest BCUT2D eigenvalue weighted by atomic mass is 10.0. The number of hydrogen-bond donors (Lipinski definition) is 1. The van der Waals surface area contributed by atoms with E-state index in [9.17, 15) is 9.18 Å². The maximum absolute atomic E-state index is 13.5. The van der Waals surface area contributed by atoms with E-state index >= 15 is 0 Å². The third-order valence-electron chi connectivity index (χ3n) is 2.59. The van der Waals surface area contributed by atoms with Crippen molar-refractivity contribution in [2.45, 2.75) is 12.8 Å². The van der Waals surface area contributed by atoms with Crippen molar-refractivity contribution in [1.82, 2.24) is 0 Å². The van der Waals surface area contributed by atoms with Crippen LogP contribution in [0.15, 0.2) is 18.2 Å². The first-order valence-electron chi connectivity index (χ1n) is 4.92. The zero-order valence-corrected chi connectivity index (χ0v) is 8.24. The molecule has 1 aliphatic heterocycles. The van der Waals surface area contributed by atoms with Crippen molar-refractivity contribution >= 4 is 11.7 Å². The summed E-state index contributed by atoms with van der Waals surface area (Å²) in [6.07, 6.45) is 1.70. The molecule has 0 bridgehead atoms. The Morgan fingerprint density at radius 2 is 2.33 bits per heavy atom. The third-order valence-corrected chi connectivity index (χ3v) is 2.59. The van der Waals surface area contributed by atoms with Crippen molar-refractivity contribution in [3.05, 3.63) is 29.6 Å². The Balaban J connectivity index is 2.36. The van der Waals surface area contributed by atoms with E-state index < -0.39 is 5.97 Å². The van der Waals surface area contributed by atoms with Gasteiger partial charge < -0.3 is 10.0 Å². The predicted octanol–water partition coefficient (Wildman–Crippen LogP) is 1.66. The summed E-state index contributed by atoms with van der Waals surface area (Å²) in [5.74, 6) is -1.25. The Kier molecular flexibility index (Phi) is 2.58. The first kappa shape index (κ1) is 9.96. The molecule has 0 aromatic heterocycles. The molecule has 1 aromatic carbocycles. The molecule has 0 spiro atoms. The van der Waals surface area contributed by atoms with Gasteiger partial charge in [-0.2, -0.15) is 0 Å². The van der Waals surface area contributed by atoms with Crippen LogP contribution >= 0.6 is 0 Å². The number of aryl methyl sites for hydroxylation is 1. The van der Waals surface area contributed by atoms with Crippen LogP contribution in [0.4, 0.5) is 10.1 Å². The molecule has 0 radical (unpaired) electrons. The molecule has 2 rings (SSSR count). The van der Waals surface area contributed by atoms with Gasteiger partial charge in [0.1, 0.15) is 12.4 Å². The number of anilines is 1. The molecule has 0 saturated carbocycles. The number of para-hydroxylation sites is 1. The Hall–Kier alpha value is -1.58. The normalized spacial score (nSPS) is 14.9. The lowest BCUT2D eigenvalue weighted by Crippen LogP contribution is -2.34. The highest BCUT2D eigenvalue weighted by Gasteiger charge is 2.21.